The summed E-state index contributed by atoms with van der Waals surface area (Å²) in [5, 5.41) is 3.08. The minimum Gasteiger partial charge on any atom is -0.464 e. The Kier molecular flexibility index (Phi) is 4.65. The molecule has 6 heteroatoms. The van der Waals surface area contributed by atoms with Crippen molar-refractivity contribution >= 4 is 11.8 Å². The highest BCUT2D eigenvalue weighted by Gasteiger charge is 2.08. The van der Waals surface area contributed by atoms with Gasteiger partial charge in [-0.2, -0.15) is 0 Å². The average molecular weight is 225 g/mol. The number of hydrogen-bond donors (Lipinski definition) is 1. The number of ether oxygens (including phenoxy) is 2. The zero-order chi connectivity index (χ0) is 12.0. The van der Waals surface area contributed by atoms with Crippen molar-refractivity contribution in [2.75, 3.05) is 26.1 Å². The van der Waals surface area contributed by atoms with Crippen LogP contribution in [0.4, 0.5) is 5.82 Å². The van der Waals surface area contributed by atoms with Crippen LogP contribution in [0.1, 0.15) is 17.4 Å². The molecular formula is C10H15N3O3. The lowest BCUT2D eigenvalue weighted by Crippen LogP contribution is -2.21. The second kappa shape index (κ2) is 6.02. The van der Waals surface area contributed by atoms with Gasteiger partial charge in [0.25, 0.3) is 0 Å². The van der Waals surface area contributed by atoms with Crippen LogP contribution < -0.4 is 5.32 Å². The van der Waals surface area contributed by atoms with E-state index in [1.54, 1.807) is 7.11 Å². The van der Waals surface area contributed by atoms with Gasteiger partial charge < -0.3 is 14.8 Å². The van der Waals surface area contributed by atoms with Crippen molar-refractivity contribution < 1.29 is 14.3 Å². The Balaban J connectivity index is 2.61. The number of rotatable bonds is 5. The number of methoxy groups -OCH3 is 2. The molecule has 0 amide bonds. The topological polar surface area (TPSA) is 73.3 Å². The summed E-state index contributed by atoms with van der Waals surface area (Å²) in [5.74, 6) is 0.0983. The molecular weight excluding hydrogens is 210 g/mol. The number of anilines is 1. The van der Waals surface area contributed by atoms with E-state index in [0.29, 0.717) is 12.4 Å². The maximum atomic E-state index is 11.1. The third kappa shape index (κ3) is 3.47. The molecule has 0 spiro atoms. The van der Waals surface area contributed by atoms with Crippen LogP contribution in [-0.4, -0.2) is 42.8 Å². The van der Waals surface area contributed by atoms with Gasteiger partial charge in [0.05, 0.1) is 26.1 Å². The Hall–Kier alpha value is -1.69. The highest BCUT2D eigenvalue weighted by atomic mass is 16.5. The van der Waals surface area contributed by atoms with Crippen molar-refractivity contribution in [2.24, 2.45) is 0 Å². The van der Waals surface area contributed by atoms with Crippen LogP contribution in [0.2, 0.25) is 0 Å². The van der Waals surface area contributed by atoms with Gasteiger partial charge in [-0.1, -0.05) is 0 Å². The zero-order valence-electron chi connectivity index (χ0n) is 9.56. The van der Waals surface area contributed by atoms with Crippen LogP contribution in [0.15, 0.2) is 12.4 Å². The highest BCUT2D eigenvalue weighted by Crippen LogP contribution is 2.04. The van der Waals surface area contributed by atoms with Gasteiger partial charge in [-0.05, 0) is 6.92 Å². The van der Waals surface area contributed by atoms with E-state index < -0.39 is 5.97 Å². The molecule has 6 nitrogen and oxygen atoms in total. The zero-order valence-corrected chi connectivity index (χ0v) is 9.56. The third-order valence-corrected chi connectivity index (χ3v) is 1.86. The fourth-order valence-electron chi connectivity index (χ4n) is 1.16. The summed E-state index contributed by atoms with van der Waals surface area (Å²) in [6.45, 7) is 2.53. The van der Waals surface area contributed by atoms with E-state index in [0.717, 1.165) is 0 Å². The van der Waals surface area contributed by atoms with E-state index in [9.17, 15) is 4.79 Å². The van der Waals surface area contributed by atoms with E-state index in [-0.39, 0.29) is 11.7 Å². The molecule has 16 heavy (non-hydrogen) atoms. The SMILES string of the molecule is COCC(C)Nc1cnc(C(=O)OC)cn1. The quantitative estimate of drug-likeness (QED) is 0.744. The van der Waals surface area contributed by atoms with Crippen molar-refractivity contribution in [2.45, 2.75) is 13.0 Å². The van der Waals surface area contributed by atoms with E-state index in [2.05, 4.69) is 20.0 Å². The van der Waals surface area contributed by atoms with Crippen LogP contribution >= 0.6 is 0 Å². The second-order valence-corrected chi connectivity index (χ2v) is 3.28. The Morgan fingerprint density at radius 2 is 2.19 bits per heavy atom. The maximum Gasteiger partial charge on any atom is 0.358 e. The Bertz CT molecular complexity index is 340. The van der Waals surface area contributed by atoms with Crippen LogP contribution in [0, 0.1) is 0 Å². The second-order valence-electron chi connectivity index (χ2n) is 3.28. The van der Waals surface area contributed by atoms with E-state index in [4.69, 9.17) is 4.74 Å². The van der Waals surface area contributed by atoms with Crippen molar-refractivity contribution in [1.82, 2.24) is 9.97 Å². The molecule has 0 saturated carbocycles. The summed E-state index contributed by atoms with van der Waals surface area (Å²) >= 11 is 0. The lowest BCUT2D eigenvalue weighted by Gasteiger charge is -2.12. The minimum atomic E-state index is -0.496. The van der Waals surface area contributed by atoms with E-state index >= 15 is 0 Å². The molecule has 1 aromatic heterocycles. The predicted octanol–water partition coefficient (Wildman–Crippen LogP) is 0.710. The third-order valence-electron chi connectivity index (χ3n) is 1.86. The van der Waals surface area contributed by atoms with Gasteiger partial charge in [0, 0.05) is 13.2 Å². The van der Waals surface area contributed by atoms with Crippen molar-refractivity contribution in [3.63, 3.8) is 0 Å². The lowest BCUT2D eigenvalue weighted by atomic mass is 10.3. The van der Waals surface area contributed by atoms with Gasteiger partial charge >= 0.3 is 5.97 Å². The molecule has 0 bridgehead atoms. The monoisotopic (exact) mass is 225 g/mol. The number of carbonyl (C=O) groups excluding carboxylic acids is 1. The first kappa shape index (κ1) is 12.4. The van der Waals surface area contributed by atoms with Crippen LogP contribution in [-0.2, 0) is 9.47 Å². The van der Waals surface area contributed by atoms with Gasteiger partial charge in [0.2, 0.25) is 0 Å². The summed E-state index contributed by atoms with van der Waals surface area (Å²) in [4.78, 5) is 19.0. The largest absolute Gasteiger partial charge is 0.464 e. The minimum absolute atomic E-state index is 0.128. The number of nitrogens with one attached hydrogen (secondary N) is 1. The number of hydrogen-bond acceptors (Lipinski definition) is 6. The standard InChI is InChI=1S/C10H15N3O3/c1-7(6-15-2)13-9-5-11-8(4-12-9)10(14)16-3/h4-5,7H,6H2,1-3H3,(H,12,13). The number of esters is 1. The van der Waals surface area contributed by atoms with Crippen LogP contribution in [0.5, 0.6) is 0 Å². The highest BCUT2D eigenvalue weighted by molar-refractivity contribution is 5.86. The molecule has 0 aliphatic heterocycles. The average Bonchev–Trinajstić information content (AvgIpc) is 2.29. The Morgan fingerprint density at radius 1 is 1.44 bits per heavy atom. The molecule has 88 valence electrons. The van der Waals surface area contributed by atoms with E-state index in [1.807, 2.05) is 6.92 Å². The van der Waals surface area contributed by atoms with Gasteiger partial charge in [0.15, 0.2) is 5.69 Å². The summed E-state index contributed by atoms with van der Waals surface area (Å²) < 4.78 is 9.48. The smallest absolute Gasteiger partial charge is 0.358 e. The molecule has 1 N–H and O–H groups in total. The molecule has 1 atom stereocenters. The fourth-order valence-corrected chi connectivity index (χ4v) is 1.16. The first-order chi connectivity index (χ1) is 7.67. The molecule has 0 aliphatic carbocycles. The molecule has 1 aromatic rings. The lowest BCUT2D eigenvalue weighted by molar-refractivity contribution is 0.0593. The van der Waals surface area contributed by atoms with E-state index in [1.165, 1.54) is 19.5 Å². The van der Waals surface area contributed by atoms with Crippen LogP contribution in [0.3, 0.4) is 0 Å². The fraction of sp³-hybridized carbons (Fsp3) is 0.500. The first-order valence-corrected chi connectivity index (χ1v) is 4.83. The summed E-state index contributed by atoms with van der Waals surface area (Å²) in [6.07, 6.45) is 2.85. The summed E-state index contributed by atoms with van der Waals surface area (Å²) in [5.41, 5.74) is 0.187. The molecule has 1 rings (SSSR count). The molecule has 0 fully saturated rings. The number of carbonyl (C=O) groups is 1. The van der Waals surface area contributed by atoms with Crippen molar-refractivity contribution in [3.8, 4) is 0 Å². The number of aromatic nitrogens is 2. The Morgan fingerprint density at radius 3 is 2.69 bits per heavy atom. The van der Waals surface area contributed by atoms with Gasteiger partial charge in [-0.3, -0.25) is 0 Å². The van der Waals surface area contributed by atoms with Gasteiger partial charge in [-0.25, -0.2) is 14.8 Å². The maximum absolute atomic E-state index is 11.1. The summed E-state index contributed by atoms with van der Waals surface area (Å²) in [6, 6.07) is 0.128. The molecule has 0 radical (unpaired) electrons. The number of nitrogens with zero attached hydrogens (tertiary/aromatic N) is 2. The van der Waals surface area contributed by atoms with Crippen molar-refractivity contribution in [1.29, 1.82) is 0 Å². The molecule has 0 aliphatic rings. The molecule has 0 saturated heterocycles. The van der Waals surface area contributed by atoms with Gasteiger partial charge in [-0.15, -0.1) is 0 Å². The molecule has 1 unspecified atom stereocenters. The molecule has 0 aromatic carbocycles. The van der Waals surface area contributed by atoms with Crippen molar-refractivity contribution in [3.05, 3.63) is 18.1 Å². The first-order valence-electron chi connectivity index (χ1n) is 4.83. The predicted molar refractivity (Wildman–Crippen MR) is 58.3 cm³/mol. The van der Waals surface area contributed by atoms with Gasteiger partial charge in [0.1, 0.15) is 5.82 Å². The van der Waals surface area contributed by atoms with Crippen LogP contribution in [0.25, 0.3) is 0 Å². The normalized spacial score (nSPS) is 11.9. The molecule has 1 heterocycles. The summed E-state index contributed by atoms with van der Waals surface area (Å²) in [7, 11) is 2.93. The Labute approximate surface area is 94.0 Å².